The quantitative estimate of drug-likeness (QED) is 0.656. The van der Waals surface area contributed by atoms with Crippen LogP contribution in [0.1, 0.15) is 26.3 Å². The third-order valence-corrected chi connectivity index (χ3v) is 5.17. The molecule has 4 rings (SSSR count). The minimum Gasteiger partial charge on any atom is -0.444 e. The van der Waals surface area contributed by atoms with Crippen molar-refractivity contribution in [1.82, 2.24) is 5.32 Å². The third-order valence-electron chi connectivity index (χ3n) is 5.17. The van der Waals surface area contributed by atoms with Gasteiger partial charge in [0.25, 0.3) is 0 Å². The van der Waals surface area contributed by atoms with Crippen molar-refractivity contribution in [1.29, 1.82) is 0 Å². The Bertz CT molecular complexity index is 1160. The highest BCUT2D eigenvalue weighted by molar-refractivity contribution is 5.92. The largest absolute Gasteiger partial charge is 0.444 e. The van der Waals surface area contributed by atoms with E-state index in [-0.39, 0.29) is 5.43 Å². The van der Waals surface area contributed by atoms with Gasteiger partial charge in [-0.05, 0) is 38.0 Å². The number of ether oxygens (including phenoxy) is 2. The molecule has 2 aromatic carbocycles. The fourth-order valence-corrected chi connectivity index (χ4v) is 3.62. The van der Waals surface area contributed by atoms with E-state index in [4.69, 9.17) is 13.9 Å². The van der Waals surface area contributed by atoms with Gasteiger partial charge in [0, 0.05) is 31.3 Å². The van der Waals surface area contributed by atoms with Gasteiger partial charge in [-0.1, -0.05) is 36.4 Å². The number of anilines is 1. The molecule has 0 aliphatic carbocycles. The maximum Gasteiger partial charge on any atom is 0.407 e. The van der Waals surface area contributed by atoms with E-state index in [2.05, 4.69) is 5.32 Å². The number of nitrogens with one attached hydrogen (secondary N) is 1. The van der Waals surface area contributed by atoms with Gasteiger partial charge >= 0.3 is 6.09 Å². The minimum absolute atomic E-state index is 0.0622. The molecule has 1 fully saturated rings. The first-order chi connectivity index (χ1) is 15.3. The summed E-state index contributed by atoms with van der Waals surface area (Å²) in [6.45, 7) is 8.45. The fraction of sp³-hybridized carbons (Fsp3) is 0.360. The molecule has 1 amide bonds. The number of fused-ring (bicyclic) bond motifs is 1. The van der Waals surface area contributed by atoms with Crippen molar-refractivity contribution >= 4 is 22.9 Å². The highest BCUT2D eigenvalue weighted by Gasteiger charge is 2.18. The van der Waals surface area contributed by atoms with E-state index in [1.807, 2.05) is 62.1 Å². The second kappa shape index (κ2) is 9.04. The van der Waals surface area contributed by atoms with Gasteiger partial charge in [-0.25, -0.2) is 4.79 Å². The van der Waals surface area contributed by atoms with E-state index in [0.717, 1.165) is 16.7 Å². The van der Waals surface area contributed by atoms with E-state index in [9.17, 15) is 9.59 Å². The van der Waals surface area contributed by atoms with Gasteiger partial charge in [-0.15, -0.1) is 0 Å². The molecule has 1 aliphatic heterocycles. The average molecular weight is 437 g/mol. The van der Waals surface area contributed by atoms with Gasteiger partial charge in [-0.3, -0.25) is 4.79 Å². The van der Waals surface area contributed by atoms with Gasteiger partial charge in [0.15, 0.2) is 11.3 Å². The van der Waals surface area contributed by atoms with E-state index in [1.165, 1.54) is 0 Å². The van der Waals surface area contributed by atoms with Crippen LogP contribution in [-0.4, -0.2) is 38.0 Å². The Kier molecular flexibility index (Phi) is 6.19. The molecule has 2 heterocycles. The Morgan fingerprint density at radius 1 is 1.09 bits per heavy atom. The minimum atomic E-state index is -0.535. The van der Waals surface area contributed by atoms with E-state index in [0.29, 0.717) is 49.7 Å². The van der Waals surface area contributed by atoms with Crippen LogP contribution in [0, 0.1) is 0 Å². The highest BCUT2D eigenvalue weighted by atomic mass is 16.6. The summed E-state index contributed by atoms with van der Waals surface area (Å²) in [5.74, 6) is 0.566. The van der Waals surface area contributed by atoms with E-state index >= 15 is 0 Å². The molecule has 0 spiro atoms. The Hall–Kier alpha value is -3.32. The van der Waals surface area contributed by atoms with E-state index < -0.39 is 11.7 Å². The Morgan fingerprint density at radius 2 is 1.81 bits per heavy atom. The van der Waals surface area contributed by atoms with Gasteiger partial charge in [0.2, 0.25) is 0 Å². The lowest BCUT2D eigenvalue weighted by Crippen LogP contribution is -2.36. The molecule has 3 aromatic rings. The lowest BCUT2D eigenvalue weighted by molar-refractivity contribution is 0.0523. The molecule has 1 aliphatic rings. The van der Waals surface area contributed by atoms with Crippen molar-refractivity contribution in [3.05, 3.63) is 64.3 Å². The molecule has 0 unspecified atom stereocenters. The normalized spacial score (nSPS) is 14.4. The summed E-state index contributed by atoms with van der Waals surface area (Å²) in [7, 11) is 0. The van der Waals surface area contributed by atoms with E-state index in [1.54, 1.807) is 12.1 Å². The van der Waals surface area contributed by atoms with Crippen molar-refractivity contribution in [3.8, 4) is 11.1 Å². The number of carbonyl (C=O) groups is 1. The maximum absolute atomic E-state index is 12.8. The molecule has 0 radical (unpaired) electrons. The van der Waals surface area contributed by atoms with Gasteiger partial charge in [-0.2, -0.15) is 0 Å². The molecule has 0 bridgehead atoms. The maximum atomic E-state index is 12.8. The fourth-order valence-electron chi connectivity index (χ4n) is 3.62. The zero-order chi connectivity index (χ0) is 22.7. The molecule has 0 atom stereocenters. The number of para-hydroxylation sites is 1. The number of nitrogens with zero attached hydrogens (tertiary/aromatic N) is 1. The summed E-state index contributed by atoms with van der Waals surface area (Å²) in [6.07, 6.45) is -0.451. The molecule has 1 aromatic heterocycles. The standard InChI is InChI=1S/C25H28N2O5/c1-25(2,3)32-24(29)26-16-17-7-9-18(10-8-17)19-5-4-6-20-21(28)15-22(31-23(19)20)27-11-13-30-14-12-27/h4-10,15H,11-14,16H2,1-3H3,(H,26,29). The molecule has 168 valence electrons. The van der Waals surface area contributed by atoms with Crippen molar-refractivity contribution in [2.45, 2.75) is 32.9 Å². The molecule has 32 heavy (non-hydrogen) atoms. The number of morpholine rings is 1. The Balaban J connectivity index is 1.58. The molecular formula is C25H28N2O5. The number of hydrogen-bond donors (Lipinski definition) is 1. The van der Waals surface area contributed by atoms with Crippen LogP contribution in [0.2, 0.25) is 0 Å². The monoisotopic (exact) mass is 436 g/mol. The average Bonchev–Trinajstić information content (AvgIpc) is 2.77. The first-order valence-electron chi connectivity index (χ1n) is 10.8. The summed E-state index contributed by atoms with van der Waals surface area (Å²) in [4.78, 5) is 26.7. The van der Waals surface area contributed by atoms with Crippen molar-refractivity contribution in [2.24, 2.45) is 0 Å². The Labute approximate surface area is 186 Å². The number of rotatable bonds is 4. The smallest absolute Gasteiger partial charge is 0.407 e. The number of carbonyl (C=O) groups excluding carboxylic acids is 1. The lowest BCUT2D eigenvalue weighted by Gasteiger charge is -2.27. The first kappa shape index (κ1) is 21.9. The van der Waals surface area contributed by atoms with Crippen molar-refractivity contribution in [2.75, 3.05) is 31.2 Å². The predicted molar refractivity (Wildman–Crippen MR) is 124 cm³/mol. The third kappa shape index (κ3) is 5.11. The van der Waals surface area contributed by atoms with Crippen LogP contribution in [0.4, 0.5) is 10.7 Å². The summed E-state index contributed by atoms with van der Waals surface area (Å²) >= 11 is 0. The molecule has 7 heteroatoms. The highest BCUT2D eigenvalue weighted by Crippen LogP contribution is 2.30. The van der Waals surface area contributed by atoms with Crippen LogP contribution in [-0.2, 0) is 16.0 Å². The SMILES string of the molecule is CC(C)(C)OC(=O)NCc1ccc(-c2cccc3c(=O)cc(N4CCOCC4)oc23)cc1. The zero-order valence-electron chi connectivity index (χ0n) is 18.6. The van der Waals surface area contributed by atoms with Gasteiger partial charge in [0.1, 0.15) is 11.2 Å². The second-order valence-corrected chi connectivity index (χ2v) is 8.78. The topological polar surface area (TPSA) is 81.0 Å². The number of hydrogen-bond acceptors (Lipinski definition) is 6. The summed E-state index contributed by atoms with van der Waals surface area (Å²) in [5, 5.41) is 3.31. The lowest BCUT2D eigenvalue weighted by atomic mass is 10.0. The molecule has 1 saturated heterocycles. The van der Waals surface area contributed by atoms with Crippen molar-refractivity contribution < 1.29 is 18.7 Å². The van der Waals surface area contributed by atoms with Crippen LogP contribution >= 0.6 is 0 Å². The van der Waals surface area contributed by atoms with Crippen LogP contribution in [0.15, 0.2) is 57.7 Å². The molecule has 7 nitrogen and oxygen atoms in total. The number of amides is 1. The second-order valence-electron chi connectivity index (χ2n) is 8.78. The number of benzene rings is 2. The van der Waals surface area contributed by atoms with Crippen molar-refractivity contribution in [3.63, 3.8) is 0 Å². The summed E-state index contributed by atoms with van der Waals surface area (Å²) in [6, 6.07) is 15.0. The predicted octanol–water partition coefficient (Wildman–Crippen LogP) is 4.32. The van der Waals surface area contributed by atoms with Crippen LogP contribution in [0.25, 0.3) is 22.1 Å². The van der Waals surface area contributed by atoms with Crippen LogP contribution in [0.3, 0.4) is 0 Å². The number of alkyl carbamates (subject to hydrolysis) is 1. The zero-order valence-corrected chi connectivity index (χ0v) is 18.6. The molecule has 1 N–H and O–H groups in total. The van der Waals surface area contributed by atoms with Gasteiger partial charge < -0.3 is 24.1 Å². The first-order valence-corrected chi connectivity index (χ1v) is 10.8. The van der Waals surface area contributed by atoms with Crippen LogP contribution < -0.4 is 15.6 Å². The molecular weight excluding hydrogens is 408 g/mol. The Morgan fingerprint density at radius 3 is 2.50 bits per heavy atom. The van der Waals surface area contributed by atoms with Crippen LogP contribution in [0.5, 0.6) is 0 Å². The van der Waals surface area contributed by atoms with Gasteiger partial charge in [0.05, 0.1) is 18.6 Å². The summed E-state index contributed by atoms with van der Waals surface area (Å²) in [5.41, 5.74) is 2.69. The summed E-state index contributed by atoms with van der Waals surface area (Å²) < 4.78 is 16.9. The molecule has 0 saturated carbocycles.